The number of ether oxygens (including phenoxy) is 1. The molecule has 0 saturated carbocycles. The molecule has 2 nitrogen and oxygen atoms in total. The molecule has 0 bridgehead atoms. The summed E-state index contributed by atoms with van der Waals surface area (Å²) < 4.78 is 5.75. The second kappa shape index (κ2) is 8.31. The van der Waals surface area contributed by atoms with Crippen molar-refractivity contribution in [2.45, 2.75) is 53.0 Å². The minimum Gasteiger partial charge on any atom is -0.491 e. The molecule has 1 unspecified atom stereocenters. The molecule has 1 aromatic rings. The average molecular weight is 284 g/mol. The van der Waals surface area contributed by atoms with Crippen molar-refractivity contribution in [3.8, 4) is 5.75 Å². The second-order valence-corrected chi connectivity index (χ2v) is 5.94. The summed E-state index contributed by atoms with van der Waals surface area (Å²) in [4.78, 5) is 0. The van der Waals surface area contributed by atoms with Crippen LogP contribution in [0.15, 0.2) is 18.2 Å². The molecule has 0 aliphatic rings. The number of hydrogen-bond donors (Lipinski definition) is 1. The second-order valence-electron chi connectivity index (χ2n) is 5.51. The van der Waals surface area contributed by atoms with E-state index < -0.39 is 0 Å². The van der Waals surface area contributed by atoms with Gasteiger partial charge in [0.25, 0.3) is 0 Å². The van der Waals surface area contributed by atoms with Crippen LogP contribution in [0, 0.1) is 5.92 Å². The molecular weight excluding hydrogens is 258 g/mol. The maximum Gasteiger partial charge on any atom is 0.142 e. The van der Waals surface area contributed by atoms with Crippen molar-refractivity contribution in [1.82, 2.24) is 0 Å². The van der Waals surface area contributed by atoms with Crippen LogP contribution in [0.25, 0.3) is 0 Å². The molecule has 0 saturated heterocycles. The summed E-state index contributed by atoms with van der Waals surface area (Å²) in [6.07, 6.45) is 3.38. The van der Waals surface area contributed by atoms with Crippen molar-refractivity contribution in [3.05, 3.63) is 23.2 Å². The number of halogens is 1. The lowest BCUT2D eigenvalue weighted by Gasteiger charge is -2.19. The Bertz CT molecular complexity index is 379. The molecule has 3 heteroatoms. The number of anilines is 1. The van der Waals surface area contributed by atoms with Gasteiger partial charge in [-0.1, -0.05) is 32.4 Å². The molecular formula is C16H26ClNO. The van der Waals surface area contributed by atoms with Crippen LogP contribution in [0.2, 0.25) is 5.02 Å². The lowest BCUT2D eigenvalue weighted by atomic mass is 10.0. The van der Waals surface area contributed by atoms with Gasteiger partial charge in [0, 0.05) is 11.1 Å². The maximum absolute atomic E-state index is 6.07. The Morgan fingerprint density at radius 2 is 1.95 bits per heavy atom. The highest BCUT2D eigenvalue weighted by Gasteiger charge is 2.09. The van der Waals surface area contributed by atoms with Crippen molar-refractivity contribution in [3.63, 3.8) is 0 Å². The average Bonchev–Trinajstić information content (AvgIpc) is 2.35. The fourth-order valence-corrected chi connectivity index (χ4v) is 2.05. The van der Waals surface area contributed by atoms with Crippen LogP contribution in [0.5, 0.6) is 5.75 Å². The molecule has 1 rings (SSSR count). The Hall–Kier alpha value is -0.890. The first-order valence-electron chi connectivity index (χ1n) is 7.21. The molecule has 0 amide bonds. The maximum atomic E-state index is 6.07. The minimum atomic E-state index is 0.421. The lowest BCUT2D eigenvalue weighted by molar-refractivity contribution is 0.318. The van der Waals surface area contributed by atoms with E-state index in [1.165, 1.54) is 6.42 Å². The molecule has 108 valence electrons. The highest BCUT2D eigenvalue weighted by molar-refractivity contribution is 6.30. The molecule has 19 heavy (non-hydrogen) atoms. The molecule has 1 atom stereocenters. The highest BCUT2D eigenvalue weighted by atomic mass is 35.5. The predicted molar refractivity (Wildman–Crippen MR) is 84.4 cm³/mol. The zero-order valence-corrected chi connectivity index (χ0v) is 13.3. The molecule has 0 aliphatic heterocycles. The van der Waals surface area contributed by atoms with Crippen LogP contribution < -0.4 is 10.1 Å². The van der Waals surface area contributed by atoms with Crippen molar-refractivity contribution in [1.29, 1.82) is 0 Å². The Morgan fingerprint density at radius 1 is 1.21 bits per heavy atom. The minimum absolute atomic E-state index is 0.421. The molecule has 0 aromatic heterocycles. The van der Waals surface area contributed by atoms with Gasteiger partial charge in [-0.2, -0.15) is 0 Å². The Kier molecular flexibility index (Phi) is 7.07. The van der Waals surface area contributed by atoms with Crippen LogP contribution in [-0.4, -0.2) is 12.6 Å². The van der Waals surface area contributed by atoms with Gasteiger partial charge in [0.15, 0.2) is 0 Å². The summed E-state index contributed by atoms with van der Waals surface area (Å²) >= 11 is 6.07. The van der Waals surface area contributed by atoms with Gasteiger partial charge < -0.3 is 10.1 Å². The zero-order chi connectivity index (χ0) is 14.3. The van der Waals surface area contributed by atoms with Crippen molar-refractivity contribution in [2.75, 3.05) is 11.9 Å². The van der Waals surface area contributed by atoms with Gasteiger partial charge in [0.2, 0.25) is 0 Å². The van der Waals surface area contributed by atoms with Crippen molar-refractivity contribution < 1.29 is 4.74 Å². The first-order valence-corrected chi connectivity index (χ1v) is 7.59. The lowest BCUT2D eigenvalue weighted by Crippen LogP contribution is -2.16. The first-order chi connectivity index (χ1) is 9.02. The molecule has 1 N–H and O–H groups in total. The van der Waals surface area contributed by atoms with Crippen LogP contribution in [0.4, 0.5) is 5.69 Å². The van der Waals surface area contributed by atoms with E-state index in [0.717, 1.165) is 41.8 Å². The van der Waals surface area contributed by atoms with E-state index in [4.69, 9.17) is 16.3 Å². The fraction of sp³-hybridized carbons (Fsp3) is 0.625. The third-order valence-corrected chi connectivity index (χ3v) is 3.22. The van der Waals surface area contributed by atoms with E-state index in [0.29, 0.717) is 6.04 Å². The van der Waals surface area contributed by atoms with E-state index in [9.17, 15) is 0 Å². The zero-order valence-electron chi connectivity index (χ0n) is 12.5. The fourth-order valence-electron chi connectivity index (χ4n) is 1.87. The molecule has 1 aromatic carbocycles. The Labute approximate surface area is 122 Å². The van der Waals surface area contributed by atoms with E-state index in [-0.39, 0.29) is 0 Å². The summed E-state index contributed by atoms with van der Waals surface area (Å²) in [5.74, 6) is 1.63. The molecule has 0 heterocycles. The van der Waals surface area contributed by atoms with Crippen molar-refractivity contribution in [2.24, 2.45) is 5.92 Å². The van der Waals surface area contributed by atoms with Crippen LogP contribution in [0.3, 0.4) is 0 Å². The van der Waals surface area contributed by atoms with E-state index >= 15 is 0 Å². The monoisotopic (exact) mass is 283 g/mol. The molecule has 0 radical (unpaired) electrons. The number of nitrogens with one attached hydrogen (secondary N) is 1. The van der Waals surface area contributed by atoms with Gasteiger partial charge in [-0.05, 0) is 50.3 Å². The van der Waals surface area contributed by atoms with Crippen LogP contribution in [-0.2, 0) is 0 Å². The number of rotatable bonds is 8. The quantitative estimate of drug-likeness (QED) is 0.693. The van der Waals surface area contributed by atoms with Gasteiger partial charge in [-0.25, -0.2) is 0 Å². The summed E-state index contributed by atoms with van der Waals surface area (Å²) in [5.41, 5.74) is 0.997. The van der Waals surface area contributed by atoms with E-state index in [1.54, 1.807) is 0 Å². The van der Waals surface area contributed by atoms with Crippen molar-refractivity contribution >= 4 is 17.3 Å². The Balaban J connectivity index is 2.66. The normalized spacial score (nSPS) is 12.5. The SMILES string of the molecule is CCCOc1ccc(Cl)cc1NC(C)CCC(C)C. The van der Waals surface area contributed by atoms with Gasteiger partial charge >= 0.3 is 0 Å². The molecule has 0 fully saturated rings. The summed E-state index contributed by atoms with van der Waals surface area (Å²) in [7, 11) is 0. The van der Waals surface area contributed by atoms with Crippen LogP contribution in [0.1, 0.15) is 47.0 Å². The molecule has 0 spiro atoms. The predicted octanol–water partition coefficient (Wildman–Crippen LogP) is 5.37. The van der Waals surface area contributed by atoms with E-state index in [2.05, 4.69) is 33.0 Å². The Morgan fingerprint density at radius 3 is 2.58 bits per heavy atom. The van der Waals surface area contributed by atoms with Gasteiger partial charge in [-0.3, -0.25) is 0 Å². The summed E-state index contributed by atoms with van der Waals surface area (Å²) in [6.45, 7) is 9.54. The first kappa shape index (κ1) is 16.2. The number of benzene rings is 1. The van der Waals surface area contributed by atoms with Gasteiger partial charge in [0.1, 0.15) is 5.75 Å². The summed E-state index contributed by atoms with van der Waals surface area (Å²) in [5, 5.41) is 4.24. The highest BCUT2D eigenvalue weighted by Crippen LogP contribution is 2.29. The third-order valence-electron chi connectivity index (χ3n) is 2.98. The summed E-state index contributed by atoms with van der Waals surface area (Å²) in [6, 6.07) is 6.18. The third kappa shape index (κ3) is 6.20. The van der Waals surface area contributed by atoms with E-state index in [1.807, 2.05) is 18.2 Å². The van der Waals surface area contributed by atoms with Crippen LogP contribution >= 0.6 is 11.6 Å². The largest absolute Gasteiger partial charge is 0.491 e. The topological polar surface area (TPSA) is 21.3 Å². The number of hydrogen-bond acceptors (Lipinski definition) is 2. The van der Waals surface area contributed by atoms with Gasteiger partial charge in [0.05, 0.1) is 12.3 Å². The van der Waals surface area contributed by atoms with Gasteiger partial charge in [-0.15, -0.1) is 0 Å². The smallest absolute Gasteiger partial charge is 0.142 e. The molecule has 0 aliphatic carbocycles. The standard InChI is InChI=1S/C16H26ClNO/c1-5-10-19-16-9-8-14(17)11-15(16)18-13(4)7-6-12(2)3/h8-9,11-13,18H,5-7,10H2,1-4H3.